The van der Waals surface area contributed by atoms with E-state index in [2.05, 4.69) is 25.6 Å². The SMILES string of the molecule is NC1CCC(Nc2ncnc3c2ncn3CC(NC(=O)OCc2ccccc2)C(=O)O)CC1. The third-order valence-electron chi connectivity index (χ3n) is 5.70. The molecule has 174 valence electrons. The smallest absolute Gasteiger partial charge is 0.408 e. The van der Waals surface area contributed by atoms with Gasteiger partial charge >= 0.3 is 12.1 Å². The first-order valence-electron chi connectivity index (χ1n) is 10.9. The number of hydrogen-bond donors (Lipinski definition) is 4. The molecule has 2 aromatic heterocycles. The molecule has 1 aliphatic carbocycles. The maximum absolute atomic E-state index is 12.2. The van der Waals surface area contributed by atoms with Crippen LogP contribution in [-0.2, 0) is 22.7 Å². The number of nitrogens with two attached hydrogens (primary N) is 1. The van der Waals surface area contributed by atoms with Gasteiger partial charge in [0.15, 0.2) is 11.5 Å². The van der Waals surface area contributed by atoms with Crippen molar-refractivity contribution in [1.82, 2.24) is 24.8 Å². The zero-order chi connectivity index (χ0) is 23.2. The lowest BCUT2D eigenvalue weighted by molar-refractivity contribution is -0.139. The molecule has 1 unspecified atom stereocenters. The number of hydrogen-bond acceptors (Lipinski definition) is 8. The fourth-order valence-corrected chi connectivity index (χ4v) is 3.87. The van der Waals surface area contributed by atoms with Crippen molar-refractivity contribution in [2.24, 2.45) is 5.73 Å². The van der Waals surface area contributed by atoms with Crippen molar-refractivity contribution in [2.45, 2.75) is 57.0 Å². The number of aromatic nitrogens is 4. The van der Waals surface area contributed by atoms with Crippen molar-refractivity contribution < 1.29 is 19.4 Å². The number of benzene rings is 1. The van der Waals surface area contributed by atoms with E-state index in [9.17, 15) is 14.7 Å². The molecule has 4 rings (SSSR count). The normalized spacial score (nSPS) is 19.1. The summed E-state index contributed by atoms with van der Waals surface area (Å²) in [7, 11) is 0. The highest BCUT2D eigenvalue weighted by Crippen LogP contribution is 2.24. The number of rotatable bonds is 8. The van der Waals surface area contributed by atoms with Crippen LogP contribution in [0.2, 0.25) is 0 Å². The molecule has 1 fully saturated rings. The minimum Gasteiger partial charge on any atom is -0.480 e. The first-order valence-corrected chi connectivity index (χ1v) is 10.9. The summed E-state index contributed by atoms with van der Waals surface area (Å²) in [5.74, 6) is -0.596. The van der Waals surface area contributed by atoms with Gasteiger partial charge in [-0.15, -0.1) is 0 Å². The molecule has 1 aromatic carbocycles. The number of carbonyl (C=O) groups excluding carboxylic acids is 1. The number of alkyl carbamates (subject to hydrolysis) is 1. The molecule has 0 spiro atoms. The van der Waals surface area contributed by atoms with Crippen molar-refractivity contribution in [2.75, 3.05) is 5.32 Å². The lowest BCUT2D eigenvalue weighted by atomic mass is 9.92. The summed E-state index contributed by atoms with van der Waals surface area (Å²) in [5, 5.41) is 15.4. The van der Waals surface area contributed by atoms with Gasteiger partial charge < -0.3 is 30.8 Å². The highest BCUT2D eigenvalue weighted by molar-refractivity contribution is 5.83. The van der Waals surface area contributed by atoms with E-state index in [1.54, 1.807) is 4.57 Å². The number of fused-ring (bicyclic) bond motifs is 1. The Labute approximate surface area is 190 Å². The largest absolute Gasteiger partial charge is 0.480 e. The molecule has 0 radical (unpaired) electrons. The maximum Gasteiger partial charge on any atom is 0.408 e. The van der Waals surface area contributed by atoms with Crippen LogP contribution in [0.15, 0.2) is 43.0 Å². The molecule has 3 aromatic rings. The first kappa shape index (κ1) is 22.5. The van der Waals surface area contributed by atoms with Gasteiger partial charge in [0.2, 0.25) is 0 Å². The van der Waals surface area contributed by atoms with E-state index in [-0.39, 0.29) is 25.2 Å². The van der Waals surface area contributed by atoms with Gasteiger partial charge in [-0.25, -0.2) is 24.5 Å². The predicted octanol–water partition coefficient (Wildman–Crippen LogP) is 1.89. The van der Waals surface area contributed by atoms with Crippen LogP contribution in [0.1, 0.15) is 31.2 Å². The van der Waals surface area contributed by atoms with E-state index >= 15 is 0 Å². The minimum atomic E-state index is -1.23. The van der Waals surface area contributed by atoms with Crippen LogP contribution in [-0.4, -0.2) is 54.8 Å². The number of nitrogens with one attached hydrogen (secondary N) is 2. The van der Waals surface area contributed by atoms with Crippen molar-refractivity contribution in [3.8, 4) is 0 Å². The van der Waals surface area contributed by atoms with Gasteiger partial charge in [0, 0.05) is 12.1 Å². The quantitative estimate of drug-likeness (QED) is 0.400. The van der Waals surface area contributed by atoms with E-state index in [1.165, 1.54) is 12.7 Å². The standard InChI is InChI=1S/C22H27N7O4/c23-15-6-8-16(9-7-15)27-19-18-20(25-12-24-19)29(13-26-18)10-17(21(30)31)28-22(32)33-11-14-4-2-1-3-5-14/h1-5,12-13,15-17H,6-11,23H2,(H,28,32)(H,30,31)(H,24,25,27). The lowest BCUT2D eigenvalue weighted by Crippen LogP contribution is -2.43. The summed E-state index contributed by atoms with van der Waals surface area (Å²) >= 11 is 0. The van der Waals surface area contributed by atoms with Gasteiger partial charge in [0.1, 0.15) is 24.5 Å². The number of ether oxygens (including phenoxy) is 1. The summed E-state index contributed by atoms with van der Waals surface area (Å²) in [5.41, 5.74) is 7.81. The predicted molar refractivity (Wildman–Crippen MR) is 120 cm³/mol. The summed E-state index contributed by atoms with van der Waals surface area (Å²) in [6, 6.07) is 8.41. The van der Waals surface area contributed by atoms with Crippen LogP contribution in [0.25, 0.3) is 11.2 Å². The van der Waals surface area contributed by atoms with Gasteiger partial charge in [-0.2, -0.15) is 0 Å². The third-order valence-corrected chi connectivity index (χ3v) is 5.70. The number of amides is 1. The second-order valence-electron chi connectivity index (χ2n) is 8.14. The van der Waals surface area contributed by atoms with Crippen LogP contribution in [0, 0.1) is 0 Å². The van der Waals surface area contributed by atoms with Crippen molar-refractivity contribution in [3.63, 3.8) is 0 Å². The van der Waals surface area contributed by atoms with Gasteiger partial charge in [0.05, 0.1) is 12.9 Å². The minimum absolute atomic E-state index is 0.0430. The Morgan fingerprint density at radius 2 is 1.91 bits per heavy atom. The van der Waals surface area contributed by atoms with Gasteiger partial charge in [-0.1, -0.05) is 30.3 Å². The summed E-state index contributed by atoms with van der Waals surface area (Å²) in [6.45, 7) is -0.0254. The van der Waals surface area contributed by atoms with E-state index in [0.717, 1.165) is 31.2 Å². The zero-order valence-electron chi connectivity index (χ0n) is 18.1. The Bertz CT molecular complexity index is 1100. The number of carbonyl (C=O) groups is 2. The number of carboxylic acid groups (broad SMARTS) is 1. The molecule has 2 heterocycles. The second-order valence-corrected chi connectivity index (χ2v) is 8.14. The maximum atomic E-state index is 12.2. The van der Waals surface area contributed by atoms with Gasteiger partial charge in [-0.3, -0.25) is 0 Å². The lowest BCUT2D eigenvalue weighted by Gasteiger charge is -2.27. The third kappa shape index (κ3) is 5.75. The fourth-order valence-electron chi connectivity index (χ4n) is 3.87. The molecule has 11 heteroatoms. The van der Waals surface area contributed by atoms with Crippen LogP contribution in [0.3, 0.4) is 0 Å². The Hall–Kier alpha value is -3.73. The van der Waals surface area contributed by atoms with Crippen LogP contribution < -0.4 is 16.4 Å². The molecule has 0 aliphatic heterocycles. The van der Waals surface area contributed by atoms with Crippen LogP contribution >= 0.6 is 0 Å². The van der Waals surface area contributed by atoms with E-state index in [0.29, 0.717) is 17.0 Å². The van der Waals surface area contributed by atoms with Crippen LogP contribution in [0.5, 0.6) is 0 Å². The Balaban J connectivity index is 1.41. The second kappa shape index (κ2) is 10.3. The highest BCUT2D eigenvalue weighted by Gasteiger charge is 2.24. The first-order chi connectivity index (χ1) is 16.0. The summed E-state index contributed by atoms with van der Waals surface area (Å²) < 4.78 is 6.72. The molecule has 0 saturated heterocycles. The molecule has 5 N–H and O–H groups in total. The van der Waals surface area contributed by atoms with Gasteiger partial charge in [-0.05, 0) is 31.2 Å². The molecule has 1 aliphatic rings. The molecular weight excluding hydrogens is 426 g/mol. The Morgan fingerprint density at radius 3 is 2.64 bits per heavy atom. The number of anilines is 1. The zero-order valence-corrected chi connectivity index (χ0v) is 18.1. The number of imidazole rings is 1. The summed E-state index contributed by atoms with van der Waals surface area (Å²) in [4.78, 5) is 36.9. The monoisotopic (exact) mass is 453 g/mol. The van der Waals surface area contributed by atoms with Crippen molar-refractivity contribution in [3.05, 3.63) is 48.5 Å². The number of carboxylic acids is 1. The van der Waals surface area contributed by atoms with Gasteiger partial charge in [0.25, 0.3) is 0 Å². The molecule has 1 saturated carbocycles. The summed E-state index contributed by atoms with van der Waals surface area (Å²) in [6.07, 6.45) is 5.89. The van der Waals surface area contributed by atoms with E-state index in [4.69, 9.17) is 10.5 Å². The average molecular weight is 454 g/mol. The number of aliphatic carboxylic acids is 1. The Kier molecular flexibility index (Phi) is 6.98. The molecule has 1 amide bonds. The fraction of sp³-hybridized carbons (Fsp3) is 0.409. The van der Waals surface area contributed by atoms with Crippen molar-refractivity contribution in [1.29, 1.82) is 0 Å². The molecule has 0 bridgehead atoms. The van der Waals surface area contributed by atoms with Crippen LogP contribution in [0.4, 0.5) is 10.6 Å². The van der Waals surface area contributed by atoms with E-state index < -0.39 is 18.1 Å². The van der Waals surface area contributed by atoms with E-state index in [1.807, 2.05) is 30.3 Å². The van der Waals surface area contributed by atoms with Crippen molar-refractivity contribution >= 4 is 29.0 Å². The molecule has 33 heavy (non-hydrogen) atoms. The number of nitrogens with zero attached hydrogens (tertiary/aromatic N) is 4. The topological polar surface area (TPSA) is 157 Å². The highest BCUT2D eigenvalue weighted by atomic mass is 16.5. The average Bonchev–Trinajstić information content (AvgIpc) is 3.23. The molecule has 1 atom stereocenters. The molecular formula is C22H27N7O4. The Morgan fingerprint density at radius 1 is 1.15 bits per heavy atom. The molecule has 11 nitrogen and oxygen atoms in total.